The van der Waals surface area contributed by atoms with Gasteiger partial charge in [-0.3, -0.25) is 0 Å². The minimum atomic E-state index is 0. The number of halogens is 2. The topological polar surface area (TPSA) is 56.7 Å². The molecular weight excluding hydrogens is 437 g/mol. The van der Waals surface area contributed by atoms with Crippen LogP contribution in [0.25, 0.3) is 0 Å². The number of aromatic hydroxyl groups is 1. The van der Waals surface area contributed by atoms with Crippen LogP contribution in [0, 0.1) is 0 Å². The molecule has 24 heavy (non-hydrogen) atoms. The fraction of sp³-hybridized carbons (Fsp3) is 0.278. The van der Waals surface area contributed by atoms with Crippen molar-refractivity contribution in [1.29, 1.82) is 0 Å². The van der Waals surface area contributed by atoms with Gasteiger partial charge in [-0.2, -0.15) is 0 Å². The zero-order valence-corrected chi connectivity index (χ0v) is 16.7. The Morgan fingerprint density at radius 3 is 2.46 bits per heavy atom. The van der Waals surface area contributed by atoms with E-state index in [4.69, 9.17) is 11.6 Å². The van der Waals surface area contributed by atoms with Crippen molar-refractivity contribution in [1.82, 2.24) is 10.6 Å². The van der Waals surface area contributed by atoms with Crippen LogP contribution in [-0.4, -0.2) is 24.2 Å². The number of hydrogen-bond donors (Lipinski definition) is 3. The Morgan fingerprint density at radius 2 is 1.79 bits per heavy atom. The zero-order valence-electron chi connectivity index (χ0n) is 13.6. The van der Waals surface area contributed by atoms with E-state index in [0.717, 1.165) is 41.6 Å². The van der Waals surface area contributed by atoms with Crippen LogP contribution in [0.1, 0.15) is 18.1 Å². The molecule has 0 spiro atoms. The van der Waals surface area contributed by atoms with Crippen molar-refractivity contribution >= 4 is 41.5 Å². The standard InChI is InChI=1S/C18H22ClN3O.HI/c1-2-20-18(22-13-14-7-9-16(23)10-8-14)21-12-11-15-5-3-4-6-17(15)19;/h3-10,23H,2,11-13H2,1H3,(H2,20,21,22);1H. The predicted molar refractivity (Wildman–Crippen MR) is 111 cm³/mol. The number of hydrogen-bond acceptors (Lipinski definition) is 2. The summed E-state index contributed by atoms with van der Waals surface area (Å²) in [6.07, 6.45) is 0.837. The SMILES string of the molecule is CCNC(=NCc1ccc(O)cc1)NCCc1ccccc1Cl.I. The Balaban J connectivity index is 0.00000288. The Labute approximate surface area is 165 Å². The molecule has 0 saturated carbocycles. The highest BCUT2D eigenvalue weighted by molar-refractivity contribution is 14.0. The first-order valence-electron chi connectivity index (χ1n) is 7.72. The van der Waals surface area contributed by atoms with Gasteiger partial charge in [-0.1, -0.05) is 41.9 Å². The van der Waals surface area contributed by atoms with E-state index in [-0.39, 0.29) is 29.7 Å². The van der Waals surface area contributed by atoms with E-state index in [0.29, 0.717) is 6.54 Å². The smallest absolute Gasteiger partial charge is 0.191 e. The van der Waals surface area contributed by atoms with Gasteiger partial charge in [0.25, 0.3) is 0 Å². The van der Waals surface area contributed by atoms with Crippen molar-refractivity contribution < 1.29 is 5.11 Å². The molecule has 0 aromatic heterocycles. The van der Waals surface area contributed by atoms with E-state index in [1.807, 2.05) is 43.3 Å². The third-order valence-electron chi connectivity index (χ3n) is 3.34. The molecule has 0 bridgehead atoms. The van der Waals surface area contributed by atoms with Gasteiger partial charge in [-0.15, -0.1) is 24.0 Å². The highest BCUT2D eigenvalue weighted by Crippen LogP contribution is 2.14. The molecule has 130 valence electrons. The molecule has 0 unspecified atom stereocenters. The van der Waals surface area contributed by atoms with Gasteiger partial charge < -0.3 is 15.7 Å². The summed E-state index contributed by atoms with van der Waals surface area (Å²) in [5, 5.41) is 16.6. The summed E-state index contributed by atoms with van der Waals surface area (Å²) in [5.74, 6) is 1.04. The lowest BCUT2D eigenvalue weighted by molar-refractivity contribution is 0.475. The van der Waals surface area contributed by atoms with Gasteiger partial charge in [0.15, 0.2) is 5.96 Å². The lowest BCUT2D eigenvalue weighted by atomic mass is 10.1. The third kappa shape index (κ3) is 6.97. The fourth-order valence-electron chi connectivity index (χ4n) is 2.13. The van der Waals surface area contributed by atoms with Crippen molar-refractivity contribution in [3.8, 4) is 5.75 Å². The third-order valence-corrected chi connectivity index (χ3v) is 3.71. The van der Waals surface area contributed by atoms with E-state index < -0.39 is 0 Å². The molecule has 2 aromatic carbocycles. The zero-order chi connectivity index (χ0) is 16.5. The number of guanidine groups is 1. The van der Waals surface area contributed by atoms with E-state index in [1.54, 1.807) is 12.1 Å². The molecule has 2 rings (SSSR count). The normalized spacial score (nSPS) is 10.8. The van der Waals surface area contributed by atoms with E-state index in [1.165, 1.54) is 0 Å². The molecule has 0 radical (unpaired) electrons. The number of phenolic OH excluding ortho intramolecular Hbond substituents is 1. The molecule has 3 N–H and O–H groups in total. The van der Waals surface area contributed by atoms with Crippen LogP contribution in [0.15, 0.2) is 53.5 Å². The number of phenols is 1. The van der Waals surface area contributed by atoms with Gasteiger partial charge in [0.1, 0.15) is 5.75 Å². The molecule has 0 aliphatic rings. The first-order chi connectivity index (χ1) is 11.2. The molecule has 2 aromatic rings. The second-order valence-electron chi connectivity index (χ2n) is 5.13. The van der Waals surface area contributed by atoms with Crippen LogP contribution in [0.5, 0.6) is 5.75 Å². The first-order valence-corrected chi connectivity index (χ1v) is 8.10. The highest BCUT2D eigenvalue weighted by atomic mass is 127. The number of aliphatic imine (C=N–C) groups is 1. The highest BCUT2D eigenvalue weighted by Gasteiger charge is 2.01. The summed E-state index contributed by atoms with van der Waals surface area (Å²) in [6, 6.07) is 14.9. The van der Waals surface area contributed by atoms with Gasteiger partial charge in [-0.25, -0.2) is 4.99 Å². The van der Waals surface area contributed by atoms with Gasteiger partial charge in [-0.05, 0) is 42.7 Å². The van der Waals surface area contributed by atoms with Crippen LogP contribution in [0.4, 0.5) is 0 Å². The number of nitrogens with zero attached hydrogens (tertiary/aromatic N) is 1. The van der Waals surface area contributed by atoms with E-state index >= 15 is 0 Å². The molecule has 0 atom stereocenters. The lowest BCUT2D eigenvalue weighted by Crippen LogP contribution is -2.38. The Morgan fingerprint density at radius 1 is 1.08 bits per heavy atom. The van der Waals surface area contributed by atoms with E-state index in [2.05, 4.69) is 15.6 Å². The molecule has 0 heterocycles. The Hall–Kier alpha value is -1.47. The van der Waals surface area contributed by atoms with Gasteiger partial charge in [0, 0.05) is 18.1 Å². The second-order valence-corrected chi connectivity index (χ2v) is 5.54. The summed E-state index contributed by atoms with van der Waals surface area (Å²) in [7, 11) is 0. The van der Waals surface area contributed by atoms with Crippen LogP contribution in [0.3, 0.4) is 0 Å². The van der Waals surface area contributed by atoms with Crippen molar-refractivity contribution in [2.45, 2.75) is 19.9 Å². The summed E-state index contributed by atoms with van der Waals surface area (Å²) in [5.41, 5.74) is 2.17. The van der Waals surface area contributed by atoms with Crippen LogP contribution in [-0.2, 0) is 13.0 Å². The molecule has 0 amide bonds. The minimum Gasteiger partial charge on any atom is -0.508 e. The van der Waals surface area contributed by atoms with Crippen molar-refractivity contribution in [3.63, 3.8) is 0 Å². The maximum atomic E-state index is 9.29. The lowest BCUT2D eigenvalue weighted by Gasteiger charge is -2.12. The number of benzene rings is 2. The average molecular weight is 460 g/mol. The molecule has 0 saturated heterocycles. The Bertz CT molecular complexity index is 647. The van der Waals surface area contributed by atoms with E-state index in [9.17, 15) is 5.11 Å². The van der Waals surface area contributed by atoms with Gasteiger partial charge in [0.05, 0.1) is 6.54 Å². The molecular formula is C18H23ClIN3O. The van der Waals surface area contributed by atoms with Crippen LogP contribution < -0.4 is 10.6 Å². The van der Waals surface area contributed by atoms with Crippen LogP contribution >= 0.6 is 35.6 Å². The van der Waals surface area contributed by atoms with Crippen molar-refractivity contribution in [2.75, 3.05) is 13.1 Å². The first kappa shape index (κ1) is 20.6. The quantitative estimate of drug-likeness (QED) is 0.348. The van der Waals surface area contributed by atoms with Gasteiger partial charge >= 0.3 is 0 Å². The molecule has 6 heteroatoms. The summed E-state index contributed by atoms with van der Waals surface area (Å²) in [6.45, 7) is 4.15. The molecule has 4 nitrogen and oxygen atoms in total. The largest absolute Gasteiger partial charge is 0.508 e. The van der Waals surface area contributed by atoms with Crippen molar-refractivity contribution in [3.05, 3.63) is 64.7 Å². The summed E-state index contributed by atoms with van der Waals surface area (Å²) < 4.78 is 0. The van der Waals surface area contributed by atoms with Crippen LogP contribution in [0.2, 0.25) is 5.02 Å². The second kappa shape index (κ2) is 11.1. The Kier molecular flexibility index (Phi) is 9.56. The number of nitrogens with one attached hydrogen (secondary N) is 2. The average Bonchev–Trinajstić information content (AvgIpc) is 2.56. The molecule has 0 fully saturated rings. The van der Waals surface area contributed by atoms with Gasteiger partial charge in [0.2, 0.25) is 0 Å². The number of rotatable bonds is 6. The molecule has 0 aliphatic heterocycles. The van der Waals surface area contributed by atoms with Crippen molar-refractivity contribution in [2.24, 2.45) is 4.99 Å². The fourth-order valence-corrected chi connectivity index (χ4v) is 2.36. The molecule has 0 aliphatic carbocycles. The summed E-state index contributed by atoms with van der Waals surface area (Å²) in [4.78, 5) is 4.55. The maximum Gasteiger partial charge on any atom is 0.191 e. The summed E-state index contributed by atoms with van der Waals surface area (Å²) >= 11 is 6.16. The predicted octanol–water partition coefficient (Wildman–Crippen LogP) is 3.96. The maximum absolute atomic E-state index is 9.29. The minimum absolute atomic E-state index is 0. The monoisotopic (exact) mass is 459 g/mol.